The van der Waals surface area contributed by atoms with Crippen molar-refractivity contribution in [3.8, 4) is 66.8 Å². The first kappa shape index (κ1) is 33.1. The lowest BCUT2D eigenvalue weighted by atomic mass is 9.86. The van der Waals surface area contributed by atoms with Gasteiger partial charge in [-0.05, 0) is 112 Å². The minimum absolute atomic E-state index is 0.202. The highest BCUT2D eigenvalue weighted by molar-refractivity contribution is 14.1. The topological polar surface area (TPSA) is 26.3 Å². The van der Waals surface area contributed by atoms with Gasteiger partial charge in [0.25, 0.3) is 0 Å². The van der Waals surface area contributed by atoms with Crippen molar-refractivity contribution in [1.29, 1.82) is 0 Å². The van der Waals surface area contributed by atoms with E-state index in [0.717, 1.165) is 113 Å². The van der Waals surface area contributed by atoms with E-state index in [1.807, 2.05) is 146 Å². The average molecular weight is 1030 g/mol. The second-order valence-electron chi connectivity index (χ2n) is 17.2. The van der Waals surface area contributed by atoms with Crippen LogP contribution in [0.5, 0.6) is 0 Å². The molecule has 0 radical (unpaired) electrons. The molecule has 2 aromatic heterocycles. The van der Waals surface area contributed by atoms with Crippen molar-refractivity contribution >= 4 is 87.6 Å². The van der Waals surface area contributed by atoms with E-state index in [2.05, 4.69) is 71.1 Å². The van der Waals surface area contributed by atoms with Gasteiger partial charge in [0.2, 0.25) is 0 Å². The zero-order valence-electron chi connectivity index (χ0n) is 47.7. The normalized spacial score (nSPS) is 13.4. The Morgan fingerprint density at radius 1 is 0.296 bits per heavy atom. The van der Waals surface area contributed by atoms with Crippen molar-refractivity contribution in [2.45, 2.75) is 0 Å². The Balaban J connectivity index is 0.000000153. The molecule has 0 bridgehead atoms. The molecule has 0 saturated carbocycles. The Bertz CT molecular complexity index is 4730. The number of furan rings is 2. The fourth-order valence-corrected chi connectivity index (χ4v) is 11.0. The van der Waals surface area contributed by atoms with Gasteiger partial charge in [-0.15, -0.1) is 0 Å². The molecule has 0 aliphatic rings. The molecule has 2 heterocycles. The van der Waals surface area contributed by atoms with Crippen LogP contribution in [0.3, 0.4) is 0 Å². The van der Waals surface area contributed by atoms with Gasteiger partial charge in [-0.25, -0.2) is 0 Å². The van der Waals surface area contributed by atoms with Crippen LogP contribution < -0.4 is 0 Å². The summed E-state index contributed by atoms with van der Waals surface area (Å²) in [4.78, 5) is 0. The molecular formula is C68H43IO2. The van der Waals surface area contributed by atoms with Crippen molar-refractivity contribution in [2.24, 2.45) is 0 Å². The summed E-state index contributed by atoms with van der Waals surface area (Å²) in [5, 5.41) is 8.86. The fraction of sp³-hybridized carbons (Fsp3) is 0. The molecule has 0 aliphatic heterocycles. The van der Waals surface area contributed by atoms with Crippen molar-refractivity contribution < 1.29 is 22.5 Å². The number of rotatable bonds is 6. The number of benzene rings is 12. The van der Waals surface area contributed by atoms with E-state index >= 15 is 0 Å². The molecular weight excluding hydrogens is 976 g/mol. The van der Waals surface area contributed by atoms with Crippen LogP contribution in [0.25, 0.3) is 132 Å². The molecule has 12 aromatic carbocycles. The van der Waals surface area contributed by atoms with E-state index < -0.39 is 12.1 Å². The summed E-state index contributed by atoms with van der Waals surface area (Å²) in [5.41, 5.74) is 11.5. The van der Waals surface area contributed by atoms with Gasteiger partial charge >= 0.3 is 0 Å². The van der Waals surface area contributed by atoms with Gasteiger partial charge in [0, 0.05) is 55.6 Å². The highest BCUT2D eigenvalue weighted by atomic mass is 127. The van der Waals surface area contributed by atoms with Crippen LogP contribution in [0, 0.1) is 3.77 Å². The lowest BCUT2D eigenvalue weighted by Crippen LogP contribution is -1.91. The molecule has 0 spiro atoms. The molecule has 14 aromatic rings. The van der Waals surface area contributed by atoms with Crippen LogP contribution >= 0.6 is 22.6 Å². The number of halogens is 1. The highest BCUT2D eigenvalue weighted by Gasteiger charge is 2.23. The van der Waals surface area contributed by atoms with Gasteiger partial charge in [0.1, 0.15) is 11.2 Å². The first-order valence-corrected chi connectivity index (χ1v) is 24.3. The molecule has 0 atom stereocenters. The minimum atomic E-state index is -0.400. The van der Waals surface area contributed by atoms with E-state index in [0.29, 0.717) is 11.1 Å². The van der Waals surface area contributed by atoms with Crippen LogP contribution in [-0.2, 0) is 0 Å². The maximum Gasteiger partial charge on any atom is 0.172 e. The largest absolute Gasteiger partial charge is 0.464 e. The van der Waals surface area contributed by atoms with Gasteiger partial charge in [0.15, 0.2) is 3.77 Å². The summed E-state index contributed by atoms with van der Waals surface area (Å²) in [6.45, 7) is 0. The zero-order chi connectivity index (χ0) is 56.0. The van der Waals surface area contributed by atoms with Gasteiger partial charge in [-0.2, -0.15) is 0 Å². The third-order valence-corrected chi connectivity index (χ3v) is 14.1. The Labute approximate surface area is 439 Å². The maximum atomic E-state index is 8.77. The summed E-state index contributed by atoms with van der Waals surface area (Å²) in [7, 11) is 0. The first-order valence-electron chi connectivity index (χ1n) is 28.2. The van der Waals surface area contributed by atoms with Crippen LogP contribution in [0.15, 0.2) is 270 Å². The molecule has 14 rings (SSSR count). The lowest BCUT2D eigenvalue weighted by Gasteiger charge is -2.17. The molecule has 3 heteroatoms. The standard InChI is InChI=1S/C34H21IO.C34H22O/c35-34-33(29-21-24(19-20-30(29)36-34)22-11-3-1-4-12-22)32-27-17-9-7-15-25(27)31(23-13-5-2-6-14-23)26-16-8-10-18-28(26)32;1-3-11-23(12-4-1)25-19-20-32-30(21-25)31(22-35-32)34-28-17-9-7-15-26(28)33(24-13-5-2-6-14-24)27-16-8-10-18-29(27)34/h1-21H;1-22H/i2*2D,5D,6D,13D,14D. The Kier molecular flexibility index (Phi) is 8.44. The smallest absolute Gasteiger partial charge is 0.172 e. The molecule has 0 fully saturated rings. The van der Waals surface area contributed by atoms with E-state index in [1.165, 1.54) is 0 Å². The Hall–Kier alpha value is -8.51. The number of hydrogen-bond donors (Lipinski definition) is 0. The third-order valence-electron chi connectivity index (χ3n) is 13.3. The molecule has 0 saturated heterocycles. The molecule has 71 heavy (non-hydrogen) atoms. The van der Waals surface area contributed by atoms with E-state index in [1.54, 1.807) is 6.26 Å². The molecule has 0 N–H and O–H groups in total. The van der Waals surface area contributed by atoms with Crippen LogP contribution in [-0.4, -0.2) is 0 Å². The summed E-state index contributed by atoms with van der Waals surface area (Å²) < 4.78 is 97.7. The highest BCUT2D eigenvalue weighted by Crippen LogP contribution is 2.49. The van der Waals surface area contributed by atoms with Crippen molar-refractivity contribution in [1.82, 2.24) is 0 Å². The van der Waals surface area contributed by atoms with Gasteiger partial charge in [0.05, 0.1) is 20.0 Å². The fourth-order valence-electron chi connectivity index (χ4n) is 10.2. The maximum absolute atomic E-state index is 8.77. The van der Waals surface area contributed by atoms with E-state index in [4.69, 9.17) is 22.5 Å². The summed E-state index contributed by atoms with van der Waals surface area (Å²) in [6.07, 6.45) is 1.79. The third kappa shape index (κ3) is 7.49. The molecule has 0 amide bonds. The molecule has 0 aliphatic carbocycles. The summed E-state index contributed by atoms with van der Waals surface area (Å²) >= 11 is 2.25. The molecule has 2 nitrogen and oxygen atoms in total. The van der Waals surface area contributed by atoms with Crippen molar-refractivity contribution in [2.75, 3.05) is 0 Å². The van der Waals surface area contributed by atoms with Gasteiger partial charge < -0.3 is 8.83 Å². The summed E-state index contributed by atoms with van der Waals surface area (Å²) in [5.74, 6) is 0. The monoisotopic (exact) mass is 1030 g/mol. The second-order valence-corrected chi connectivity index (χ2v) is 18.2. The van der Waals surface area contributed by atoms with E-state index in [9.17, 15) is 0 Å². The molecule has 334 valence electrons. The van der Waals surface area contributed by atoms with Crippen molar-refractivity contribution in [3.05, 3.63) is 265 Å². The Morgan fingerprint density at radius 2 is 0.676 bits per heavy atom. The van der Waals surface area contributed by atoms with Gasteiger partial charge in [-0.1, -0.05) is 230 Å². The predicted molar refractivity (Wildman–Crippen MR) is 308 cm³/mol. The van der Waals surface area contributed by atoms with Crippen LogP contribution in [0.2, 0.25) is 0 Å². The summed E-state index contributed by atoms with van der Waals surface area (Å²) in [6, 6.07) is 61.4. The first-order chi connectivity index (χ1) is 39.3. The van der Waals surface area contributed by atoms with Crippen molar-refractivity contribution in [3.63, 3.8) is 0 Å². The van der Waals surface area contributed by atoms with Crippen LogP contribution in [0.4, 0.5) is 0 Å². The Morgan fingerprint density at radius 3 is 1.13 bits per heavy atom. The predicted octanol–water partition coefficient (Wildman–Crippen LogP) is 20.1. The SMILES string of the molecule is [2H]c1c([2H])c([2H])c(-c2c3ccccc3c(-c3c(I)oc4ccc(-c5ccccc5)cc34)c3ccccc23)c([2H])c1[2H].[2H]c1c([2H])c([2H])c(-c2c3ccccc3c(-c3coc4ccc(-c5ccccc5)cc34)c3ccccc23)c([2H])c1[2H]. The second kappa shape index (κ2) is 18.1. The number of hydrogen-bond acceptors (Lipinski definition) is 2. The van der Waals surface area contributed by atoms with Gasteiger partial charge in [-0.3, -0.25) is 0 Å². The van der Waals surface area contributed by atoms with E-state index in [-0.39, 0.29) is 59.5 Å². The quantitative estimate of drug-likeness (QED) is 0.123. The average Bonchev–Trinajstić information content (AvgIpc) is 4.27. The number of fused-ring (bicyclic) bond motifs is 6. The minimum Gasteiger partial charge on any atom is -0.464 e. The molecule has 0 unspecified atom stereocenters. The zero-order valence-corrected chi connectivity index (χ0v) is 39.9. The lowest BCUT2D eigenvalue weighted by molar-refractivity contribution is 0.585. The van der Waals surface area contributed by atoms with Crippen LogP contribution in [0.1, 0.15) is 13.7 Å².